The van der Waals surface area contributed by atoms with Gasteiger partial charge >= 0.3 is 0 Å². The summed E-state index contributed by atoms with van der Waals surface area (Å²) in [6, 6.07) is 0. The Morgan fingerprint density at radius 2 is 1.24 bits per heavy atom. The summed E-state index contributed by atoms with van der Waals surface area (Å²) in [5, 5.41) is 3.16. The Morgan fingerprint density at radius 1 is 0.758 bits per heavy atom. The fourth-order valence-corrected chi connectivity index (χ4v) is 4.97. The molecule has 1 heterocycles. The van der Waals surface area contributed by atoms with Crippen molar-refractivity contribution in [3.8, 4) is 0 Å². The smallest absolute Gasteiger partial charge is 0.246 e. The SMILES string of the molecule is CCCCCCCCCCCC(=O)NCCN1CC[N+](C)=C1CCCCCCCCCCC. The molecule has 0 aromatic rings. The lowest BCUT2D eigenvalue weighted by molar-refractivity contribution is -0.487. The van der Waals surface area contributed by atoms with Gasteiger partial charge in [0.25, 0.3) is 0 Å². The summed E-state index contributed by atoms with van der Waals surface area (Å²) in [4.78, 5) is 14.7. The van der Waals surface area contributed by atoms with Crippen molar-refractivity contribution in [2.24, 2.45) is 0 Å². The lowest BCUT2D eigenvalue weighted by atomic mass is 10.1. The van der Waals surface area contributed by atoms with E-state index in [0.29, 0.717) is 6.42 Å². The lowest BCUT2D eigenvalue weighted by Crippen LogP contribution is -2.37. The summed E-state index contributed by atoms with van der Waals surface area (Å²) >= 11 is 0. The second-order valence-electron chi connectivity index (χ2n) is 10.3. The van der Waals surface area contributed by atoms with E-state index in [4.69, 9.17) is 0 Å². The first-order chi connectivity index (χ1) is 16.2. The van der Waals surface area contributed by atoms with Gasteiger partial charge in [-0.1, -0.05) is 117 Å². The molecule has 0 aromatic carbocycles. The Hall–Kier alpha value is -1.06. The van der Waals surface area contributed by atoms with Gasteiger partial charge in [-0.2, -0.15) is 0 Å². The summed E-state index contributed by atoms with van der Waals surface area (Å²) < 4.78 is 2.43. The predicted octanol–water partition coefficient (Wildman–Crippen LogP) is 7.30. The first-order valence-electron chi connectivity index (χ1n) is 14.8. The fraction of sp³-hybridized carbons (Fsp3) is 0.931. The molecular formula is C29H58N3O+. The number of nitrogens with zero attached hydrogens (tertiary/aromatic N) is 2. The second-order valence-corrected chi connectivity index (χ2v) is 10.3. The third-order valence-corrected chi connectivity index (χ3v) is 7.23. The van der Waals surface area contributed by atoms with Crippen LogP contribution in [0, 0.1) is 0 Å². The van der Waals surface area contributed by atoms with Crippen LogP contribution in [0.15, 0.2) is 0 Å². The van der Waals surface area contributed by atoms with Crippen LogP contribution in [0.25, 0.3) is 0 Å². The topological polar surface area (TPSA) is 35.4 Å². The molecule has 0 unspecified atom stereocenters. The number of rotatable bonds is 23. The van der Waals surface area contributed by atoms with Crippen molar-refractivity contribution in [1.29, 1.82) is 0 Å². The van der Waals surface area contributed by atoms with Crippen molar-refractivity contribution < 1.29 is 9.37 Å². The molecule has 1 aliphatic rings. The highest BCUT2D eigenvalue weighted by molar-refractivity contribution is 5.78. The van der Waals surface area contributed by atoms with Gasteiger partial charge in [0.1, 0.15) is 19.6 Å². The Morgan fingerprint density at radius 3 is 1.79 bits per heavy atom. The van der Waals surface area contributed by atoms with Gasteiger partial charge in [0, 0.05) is 12.8 Å². The van der Waals surface area contributed by atoms with E-state index in [0.717, 1.165) is 32.6 Å². The van der Waals surface area contributed by atoms with E-state index in [1.807, 2.05) is 0 Å². The zero-order chi connectivity index (χ0) is 24.0. The number of carbonyl (C=O) groups is 1. The predicted molar refractivity (Wildman–Crippen MR) is 144 cm³/mol. The zero-order valence-corrected chi connectivity index (χ0v) is 22.8. The summed E-state index contributed by atoms with van der Waals surface area (Å²) in [6.45, 7) is 8.53. The monoisotopic (exact) mass is 464 g/mol. The van der Waals surface area contributed by atoms with Gasteiger partial charge < -0.3 is 5.32 Å². The van der Waals surface area contributed by atoms with E-state index in [9.17, 15) is 4.79 Å². The summed E-state index contributed by atoms with van der Waals surface area (Å²) in [7, 11) is 2.23. The molecule has 1 rings (SSSR count). The zero-order valence-electron chi connectivity index (χ0n) is 22.8. The van der Waals surface area contributed by atoms with Crippen LogP contribution in [0.1, 0.15) is 142 Å². The standard InChI is InChI=1S/C29H57N3O/c1-4-6-8-10-12-14-16-18-20-22-28(33)30-24-25-32-27-26-31(3)29(32)23-21-19-17-15-13-11-9-7-5-2/h4-27H2,1-3H3/p+1. The van der Waals surface area contributed by atoms with Gasteiger partial charge in [0.05, 0.1) is 13.6 Å². The van der Waals surface area contributed by atoms with Gasteiger partial charge in [0.2, 0.25) is 11.7 Å². The van der Waals surface area contributed by atoms with Gasteiger partial charge in [0.15, 0.2) is 0 Å². The lowest BCUT2D eigenvalue weighted by Gasteiger charge is -2.14. The molecular weight excluding hydrogens is 406 g/mol. The molecule has 0 saturated heterocycles. The minimum atomic E-state index is 0.242. The van der Waals surface area contributed by atoms with Crippen molar-refractivity contribution in [1.82, 2.24) is 10.2 Å². The van der Waals surface area contributed by atoms with Crippen LogP contribution in [-0.2, 0) is 4.79 Å². The maximum atomic E-state index is 12.2. The average molecular weight is 465 g/mol. The van der Waals surface area contributed by atoms with Crippen LogP contribution in [0.2, 0.25) is 0 Å². The molecule has 0 aromatic heterocycles. The highest BCUT2D eigenvalue weighted by Gasteiger charge is 2.27. The molecule has 0 spiro atoms. The molecule has 1 amide bonds. The number of unbranched alkanes of at least 4 members (excludes halogenated alkanes) is 16. The molecule has 0 bridgehead atoms. The fourth-order valence-electron chi connectivity index (χ4n) is 4.97. The van der Waals surface area contributed by atoms with Crippen molar-refractivity contribution in [2.45, 2.75) is 142 Å². The first-order valence-corrected chi connectivity index (χ1v) is 14.8. The quantitative estimate of drug-likeness (QED) is 0.127. The number of amidine groups is 1. The molecule has 1 aliphatic heterocycles. The molecule has 0 fully saturated rings. The van der Waals surface area contributed by atoms with Gasteiger partial charge in [-0.25, -0.2) is 0 Å². The van der Waals surface area contributed by atoms with Crippen molar-refractivity contribution in [3.05, 3.63) is 0 Å². The van der Waals surface area contributed by atoms with E-state index in [2.05, 4.69) is 35.7 Å². The van der Waals surface area contributed by atoms with Crippen molar-refractivity contribution >= 4 is 11.7 Å². The van der Waals surface area contributed by atoms with Gasteiger partial charge in [-0.3, -0.25) is 14.3 Å². The Labute approximate surface area is 207 Å². The van der Waals surface area contributed by atoms with E-state index in [1.165, 1.54) is 121 Å². The third kappa shape index (κ3) is 16.2. The number of amides is 1. The normalized spacial score (nSPS) is 13.8. The third-order valence-electron chi connectivity index (χ3n) is 7.23. The summed E-state index contributed by atoms with van der Waals surface area (Å²) in [6.07, 6.45) is 26.1. The number of carbonyl (C=O) groups excluding carboxylic acids is 1. The minimum absolute atomic E-state index is 0.242. The summed E-state index contributed by atoms with van der Waals surface area (Å²) in [5.74, 6) is 1.73. The van der Waals surface area contributed by atoms with Crippen molar-refractivity contribution in [2.75, 3.05) is 33.2 Å². The Kier molecular flexibility index (Phi) is 19.5. The first kappa shape index (κ1) is 30.0. The van der Waals surface area contributed by atoms with Crippen LogP contribution in [0.3, 0.4) is 0 Å². The maximum absolute atomic E-state index is 12.2. The number of hydrogen-bond donors (Lipinski definition) is 1. The van der Waals surface area contributed by atoms with Crippen LogP contribution in [0.5, 0.6) is 0 Å². The second kappa shape index (κ2) is 21.5. The number of nitrogens with one attached hydrogen (secondary N) is 1. The Bertz CT molecular complexity index is 503. The van der Waals surface area contributed by atoms with E-state index >= 15 is 0 Å². The number of likely N-dealkylation sites (N-methyl/N-ethyl adjacent to an activating group) is 1. The van der Waals surface area contributed by atoms with Gasteiger partial charge in [-0.15, -0.1) is 0 Å². The van der Waals surface area contributed by atoms with Crippen LogP contribution in [-0.4, -0.2) is 54.4 Å². The number of hydrogen-bond acceptors (Lipinski definition) is 2. The Balaban J connectivity index is 2.02. The summed E-state index contributed by atoms with van der Waals surface area (Å²) in [5.41, 5.74) is 0. The molecule has 1 N–H and O–H groups in total. The molecule has 0 radical (unpaired) electrons. The highest BCUT2D eigenvalue weighted by atomic mass is 16.1. The molecule has 0 aliphatic carbocycles. The molecule has 0 atom stereocenters. The maximum Gasteiger partial charge on any atom is 0.246 e. The molecule has 194 valence electrons. The van der Waals surface area contributed by atoms with Crippen LogP contribution < -0.4 is 5.32 Å². The van der Waals surface area contributed by atoms with Crippen LogP contribution in [0.4, 0.5) is 0 Å². The molecule has 0 saturated carbocycles. The van der Waals surface area contributed by atoms with Crippen molar-refractivity contribution in [3.63, 3.8) is 0 Å². The largest absolute Gasteiger partial charge is 0.352 e. The average Bonchev–Trinajstić information content (AvgIpc) is 3.16. The minimum Gasteiger partial charge on any atom is -0.352 e. The van der Waals surface area contributed by atoms with E-state index in [-0.39, 0.29) is 5.91 Å². The van der Waals surface area contributed by atoms with E-state index < -0.39 is 0 Å². The van der Waals surface area contributed by atoms with Gasteiger partial charge in [-0.05, 0) is 12.8 Å². The molecule has 4 heteroatoms. The van der Waals surface area contributed by atoms with E-state index in [1.54, 1.807) is 0 Å². The van der Waals surface area contributed by atoms with Crippen LogP contribution >= 0.6 is 0 Å². The highest BCUT2D eigenvalue weighted by Crippen LogP contribution is 2.13. The molecule has 33 heavy (non-hydrogen) atoms. The molecule has 4 nitrogen and oxygen atoms in total.